The molecule has 52 valence electrons. The van der Waals surface area contributed by atoms with Gasteiger partial charge in [-0.25, -0.2) is 0 Å². The maximum Gasteiger partial charge on any atom is 0.223 e. The maximum atomic E-state index is 5.38. The van der Waals surface area contributed by atoms with Crippen LogP contribution in [-0.4, -0.2) is 16.2 Å². The number of hydrogen-bond acceptors (Lipinski definition) is 2. The lowest BCUT2D eigenvalue weighted by atomic mass is 10.4. The van der Waals surface area contributed by atoms with E-state index in [0.717, 1.165) is 5.76 Å². The molecule has 0 aromatic rings. The van der Waals surface area contributed by atoms with Crippen LogP contribution in [0.5, 0.6) is 0 Å². The summed E-state index contributed by atoms with van der Waals surface area (Å²) in [7, 11) is 2.03. The summed E-state index contributed by atoms with van der Waals surface area (Å²) >= 11 is 2.25. The molecule has 1 aliphatic heterocycles. The summed E-state index contributed by atoms with van der Waals surface area (Å²) in [6.07, 6.45) is 0. The van der Waals surface area contributed by atoms with E-state index >= 15 is 0 Å². The smallest absolute Gasteiger partial charge is 0.223 e. The summed E-state index contributed by atoms with van der Waals surface area (Å²) in [4.78, 5) is 2.11. The first kappa shape index (κ1) is 7.18. The Hall–Kier alpha value is 0.0700. The highest BCUT2D eigenvalue weighted by molar-refractivity contribution is 14.1. The Balaban J connectivity index is 2.74. The van der Waals surface area contributed by atoms with Crippen LogP contribution < -0.4 is 0 Å². The lowest BCUT2D eigenvalue weighted by Crippen LogP contribution is -2.19. The third-order valence-corrected chi connectivity index (χ3v) is 2.71. The average molecular weight is 239 g/mol. The van der Waals surface area contributed by atoms with Crippen molar-refractivity contribution in [2.75, 3.05) is 7.05 Å². The molecule has 0 aromatic heterocycles. The Morgan fingerprint density at radius 3 is 2.22 bits per heavy atom. The third-order valence-electron chi connectivity index (χ3n) is 1.62. The second kappa shape index (κ2) is 2.36. The molecule has 1 unspecified atom stereocenters. The van der Waals surface area contributed by atoms with E-state index in [1.165, 1.54) is 5.70 Å². The fourth-order valence-electron chi connectivity index (χ4n) is 0.711. The molecule has 0 bridgehead atoms. The number of allylic oxidation sites excluding steroid dienone is 2. The van der Waals surface area contributed by atoms with Crippen molar-refractivity contribution in [2.45, 2.75) is 18.1 Å². The molecule has 0 aliphatic carbocycles. The van der Waals surface area contributed by atoms with E-state index in [1.54, 1.807) is 0 Å². The molecule has 9 heavy (non-hydrogen) atoms. The number of halogens is 1. The fourth-order valence-corrected chi connectivity index (χ4v) is 1.51. The molecule has 0 saturated carbocycles. The number of hydrogen-bond donors (Lipinski definition) is 0. The van der Waals surface area contributed by atoms with E-state index in [9.17, 15) is 0 Å². The molecule has 3 heteroatoms. The monoisotopic (exact) mass is 239 g/mol. The van der Waals surface area contributed by atoms with Crippen molar-refractivity contribution in [2.24, 2.45) is 0 Å². The van der Waals surface area contributed by atoms with Crippen LogP contribution in [0.1, 0.15) is 13.8 Å². The number of alkyl halides is 1. The minimum atomic E-state index is 0.197. The summed E-state index contributed by atoms with van der Waals surface area (Å²) in [5, 5.41) is 0. The molecule has 0 radical (unpaired) electrons. The van der Waals surface area contributed by atoms with Gasteiger partial charge in [0.15, 0.2) is 0 Å². The fraction of sp³-hybridized carbons (Fsp3) is 0.667. The van der Waals surface area contributed by atoms with Gasteiger partial charge in [0.25, 0.3) is 0 Å². The minimum absolute atomic E-state index is 0.197. The summed E-state index contributed by atoms with van der Waals surface area (Å²) < 4.78 is 5.57. The van der Waals surface area contributed by atoms with Gasteiger partial charge >= 0.3 is 0 Å². The molecule has 0 spiro atoms. The number of rotatable bonds is 0. The zero-order valence-corrected chi connectivity index (χ0v) is 7.97. The average Bonchev–Trinajstić information content (AvgIpc) is 1.98. The van der Waals surface area contributed by atoms with Gasteiger partial charge in [-0.05, 0) is 36.4 Å². The highest BCUT2D eigenvalue weighted by Gasteiger charge is 2.21. The van der Waals surface area contributed by atoms with Gasteiger partial charge in [0.2, 0.25) is 4.23 Å². The molecule has 1 heterocycles. The Morgan fingerprint density at radius 1 is 1.56 bits per heavy atom. The first-order valence-electron chi connectivity index (χ1n) is 2.84. The Labute approximate surface area is 69.0 Å². The molecular weight excluding hydrogens is 229 g/mol. The summed E-state index contributed by atoms with van der Waals surface area (Å²) in [6.45, 7) is 4.05. The molecule has 1 rings (SSSR count). The van der Waals surface area contributed by atoms with Gasteiger partial charge in [-0.2, -0.15) is 0 Å². The first-order valence-corrected chi connectivity index (χ1v) is 4.08. The van der Waals surface area contributed by atoms with Crippen molar-refractivity contribution >= 4 is 22.6 Å². The van der Waals surface area contributed by atoms with E-state index in [4.69, 9.17) is 4.74 Å². The van der Waals surface area contributed by atoms with Crippen LogP contribution in [0.25, 0.3) is 0 Å². The summed E-state index contributed by atoms with van der Waals surface area (Å²) in [6, 6.07) is 0. The molecule has 0 saturated heterocycles. The highest BCUT2D eigenvalue weighted by Crippen LogP contribution is 2.26. The van der Waals surface area contributed by atoms with E-state index in [-0.39, 0.29) is 4.23 Å². The Bertz CT molecular complexity index is 155. The largest absolute Gasteiger partial charge is 0.464 e. The predicted molar refractivity (Wildman–Crippen MR) is 45.0 cm³/mol. The van der Waals surface area contributed by atoms with E-state index in [0.29, 0.717) is 0 Å². The number of ether oxygens (including phenoxy) is 1. The summed E-state index contributed by atoms with van der Waals surface area (Å²) in [5.74, 6) is 1.04. The molecule has 1 atom stereocenters. The quantitative estimate of drug-likeness (QED) is 0.363. The standard InChI is InChI=1S/C6H10INO/c1-4-5(2)9-6(7)8(4)3/h6H,1-3H3. The van der Waals surface area contributed by atoms with Crippen LogP contribution in [0.3, 0.4) is 0 Å². The SMILES string of the molecule is CC1=C(C)N(C)C(I)O1. The minimum Gasteiger partial charge on any atom is -0.464 e. The van der Waals surface area contributed by atoms with Crippen molar-refractivity contribution in [3.8, 4) is 0 Å². The van der Waals surface area contributed by atoms with Crippen molar-refractivity contribution in [1.29, 1.82) is 0 Å². The molecule has 1 aliphatic rings. The molecule has 0 amide bonds. The Kier molecular flexibility index (Phi) is 1.88. The third kappa shape index (κ3) is 1.15. The topological polar surface area (TPSA) is 12.5 Å². The van der Waals surface area contributed by atoms with E-state index in [1.807, 2.05) is 14.0 Å². The highest BCUT2D eigenvalue weighted by atomic mass is 127. The van der Waals surface area contributed by atoms with Gasteiger partial charge < -0.3 is 9.64 Å². The predicted octanol–water partition coefficient (Wildman–Crippen LogP) is 1.92. The van der Waals surface area contributed by atoms with Crippen LogP contribution in [0.4, 0.5) is 0 Å². The van der Waals surface area contributed by atoms with E-state index in [2.05, 4.69) is 34.4 Å². The van der Waals surface area contributed by atoms with Gasteiger partial charge in [0.05, 0.1) is 5.70 Å². The van der Waals surface area contributed by atoms with Crippen molar-refractivity contribution in [3.05, 3.63) is 11.5 Å². The zero-order valence-electron chi connectivity index (χ0n) is 5.81. The van der Waals surface area contributed by atoms with Crippen LogP contribution in [0.15, 0.2) is 11.5 Å². The Morgan fingerprint density at radius 2 is 2.11 bits per heavy atom. The number of nitrogens with zero attached hydrogens (tertiary/aromatic N) is 1. The van der Waals surface area contributed by atoms with Crippen molar-refractivity contribution in [3.63, 3.8) is 0 Å². The van der Waals surface area contributed by atoms with Gasteiger partial charge in [-0.3, -0.25) is 0 Å². The van der Waals surface area contributed by atoms with Gasteiger partial charge in [-0.15, -0.1) is 0 Å². The van der Waals surface area contributed by atoms with Gasteiger partial charge in [0.1, 0.15) is 5.76 Å². The van der Waals surface area contributed by atoms with E-state index < -0.39 is 0 Å². The maximum absolute atomic E-state index is 5.38. The molecule has 0 fully saturated rings. The van der Waals surface area contributed by atoms with Crippen molar-refractivity contribution in [1.82, 2.24) is 4.90 Å². The van der Waals surface area contributed by atoms with Crippen LogP contribution >= 0.6 is 22.6 Å². The van der Waals surface area contributed by atoms with Gasteiger partial charge in [-0.1, -0.05) is 0 Å². The van der Waals surface area contributed by atoms with Crippen molar-refractivity contribution < 1.29 is 4.74 Å². The van der Waals surface area contributed by atoms with Crippen LogP contribution in [0.2, 0.25) is 0 Å². The lowest BCUT2D eigenvalue weighted by Gasteiger charge is -2.14. The van der Waals surface area contributed by atoms with Gasteiger partial charge in [0, 0.05) is 7.05 Å². The van der Waals surface area contributed by atoms with Crippen LogP contribution in [-0.2, 0) is 4.74 Å². The lowest BCUT2D eigenvalue weighted by molar-refractivity contribution is 0.149. The zero-order chi connectivity index (χ0) is 7.02. The molecule has 2 nitrogen and oxygen atoms in total. The second-order valence-corrected chi connectivity index (χ2v) is 3.23. The normalized spacial score (nSPS) is 27.1. The second-order valence-electron chi connectivity index (χ2n) is 2.16. The summed E-state index contributed by atoms with van der Waals surface area (Å²) in [5.41, 5.74) is 1.23. The van der Waals surface area contributed by atoms with Crippen LogP contribution in [0, 0.1) is 0 Å². The molecule has 0 aromatic carbocycles. The first-order chi connectivity index (χ1) is 4.13. The molecular formula is C6H10INO. The molecule has 0 N–H and O–H groups in total.